The predicted molar refractivity (Wildman–Crippen MR) is 129 cm³/mol. The van der Waals surface area contributed by atoms with Crippen molar-refractivity contribution in [2.75, 3.05) is 18.0 Å². The summed E-state index contributed by atoms with van der Waals surface area (Å²) >= 11 is 7.53. The molecule has 1 fully saturated rings. The number of benzene rings is 2. The van der Waals surface area contributed by atoms with Gasteiger partial charge in [0.1, 0.15) is 5.82 Å². The van der Waals surface area contributed by atoms with E-state index in [1.807, 2.05) is 0 Å². The minimum Gasteiger partial charge on any atom is -0.341 e. The van der Waals surface area contributed by atoms with E-state index in [-0.39, 0.29) is 5.56 Å². The summed E-state index contributed by atoms with van der Waals surface area (Å²) < 4.78 is 2.11. The quantitative estimate of drug-likeness (QED) is 0.427. The standard InChI is InChI=1S/C23H23ClN6OS/c1-15-5-8-17(9-6-15)30-22(29-11-3-2-4-12-29)27-28-23(30)32-14-20-25-19-10-7-16(24)13-18(19)21(31)26-20/h5-10,13H,2-4,11-12,14H2,1H3,(H,25,26,31). The molecule has 0 atom stereocenters. The van der Waals surface area contributed by atoms with Crippen molar-refractivity contribution >= 4 is 40.2 Å². The molecule has 2 aromatic heterocycles. The Hall–Kier alpha value is -2.84. The van der Waals surface area contributed by atoms with Crippen LogP contribution in [0.25, 0.3) is 16.6 Å². The number of hydrogen-bond donors (Lipinski definition) is 1. The fourth-order valence-corrected chi connectivity index (χ4v) is 4.92. The fourth-order valence-electron chi connectivity index (χ4n) is 3.93. The van der Waals surface area contributed by atoms with Gasteiger partial charge in [0, 0.05) is 18.1 Å². The van der Waals surface area contributed by atoms with Crippen LogP contribution < -0.4 is 10.5 Å². The second-order valence-electron chi connectivity index (χ2n) is 7.96. The number of H-pyrrole nitrogens is 1. The highest BCUT2D eigenvalue weighted by Crippen LogP contribution is 2.30. The van der Waals surface area contributed by atoms with Crippen LogP contribution in [0.4, 0.5) is 5.95 Å². The molecule has 0 spiro atoms. The number of aryl methyl sites for hydroxylation is 1. The normalized spacial score (nSPS) is 14.2. The predicted octanol–water partition coefficient (Wildman–Crippen LogP) is 4.75. The molecule has 5 rings (SSSR count). The zero-order chi connectivity index (χ0) is 22.1. The molecule has 2 aromatic carbocycles. The Morgan fingerprint density at radius 3 is 2.62 bits per heavy atom. The molecule has 0 saturated carbocycles. The van der Waals surface area contributed by atoms with E-state index in [1.165, 1.54) is 23.7 Å². The van der Waals surface area contributed by atoms with Crippen LogP contribution in [-0.4, -0.2) is 37.8 Å². The zero-order valence-corrected chi connectivity index (χ0v) is 19.3. The summed E-state index contributed by atoms with van der Waals surface area (Å²) in [5, 5.41) is 10.8. The summed E-state index contributed by atoms with van der Waals surface area (Å²) in [6.07, 6.45) is 3.58. The number of anilines is 1. The van der Waals surface area contributed by atoms with Gasteiger partial charge in [-0.15, -0.1) is 10.2 Å². The van der Waals surface area contributed by atoms with Gasteiger partial charge in [0.25, 0.3) is 5.56 Å². The molecular weight excluding hydrogens is 444 g/mol. The fraction of sp³-hybridized carbons (Fsp3) is 0.304. The first-order chi connectivity index (χ1) is 15.6. The second-order valence-corrected chi connectivity index (χ2v) is 9.34. The van der Waals surface area contributed by atoms with Crippen LogP contribution >= 0.6 is 23.4 Å². The first-order valence-electron chi connectivity index (χ1n) is 10.7. The molecule has 0 radical (unpaired) electrons. The van der Waals surface area contributed by atoms with Gasteiger partial charge in [-0.25, -0.2) is 4.98 Å². The summed E-state index contributed by atoms with van der Waals surface area (Å²) in [6, 6.07) is 13.5. The summed E-state index contributed by atoms with van der Waals surface area (Å²) in [5.41, 5.74) is 2.66. The lowest BCUT2D eigenvalue weighted by Crippen LogP contribution is -2.31. The number of nitrogens with one attached hydrogen (secondary N) is 1. The average Bonchev–Trinajstić information content (AvgIpc) is 3.23. The topological polar surface area (TPSA) is 79.7 Å². The number of piperidine rings is 1. The number of halogens is 1. The van der Waals surface area contributed by atoms with Crippen molar-refractivity contribution in [3.8, 4) is 5.69 Å². The number of aromatic nitrogens is 5. The lowest BCUT2D eigenvalue weighted by Gasteiger charge is -2.27. The molecular formula is C23H23ClN6OS. The molecule has 4 aromatic rings. The molecule has 3 heterocycles. The maximum atomic E-state index is 12.5. The number of aromatic amines is 1. The maximum Gasteiger partial charge on any atom is 0.258 e. The van der Waals surface area contributed by atoms with Gasteiger partial charge in [-0.05, 0) is 56.5 Å². The van der Waals surface area contributed by atoms with E-state index in [9.17, 15) is 4.79 Å². The molecule has 9 heteroatoms. The van der Waals surface area contributed by atoms with E-state index in [4.69, 9.17) is 11.6 Å². The van der Waals surface area contributed by atoms with Crippen LogP contribution in [0.3, 0.4) is 0 Å². The Kier molecular flexibility index (Phi) is 5.89. The molecule has 1 aliphatic heterocycles. The van der Waals surface area contributed by atoms with Crippen molar-refractivity contribution in [1.82, 2.24) is 24.7 Å². The Bertz CT molecular complexity index is 1310. The zero-order valence-electron chi connectivity index (χ0n) is 17.7. The van der Waals surface area contributed by atoms with E-state index in [0.29, 0.717) is 27.5 Å². The Morgan fingerprint density at radius 2 is 1.84 bits per heavy atom. The molecule has 32 heavy (non-hydrogen) atoms. The summed E-state index contributed by atoms with van der Waals surface area (Å²) in [7, 11) is 0. The Labute approximate surface area is 194 Å². The van der Waals surface area contributed by atoms with Gasteiger partial charge < -0.3 is 9.88 Å². The molecule has 0 aliphatic carbocycles. The van der Waals surface area contributed by atoms with Crippen LogP contribution in [0.15, 0.2) is 52.4 Å². The third-order valence-corrected chi connectivity index (χ3v) is 6.78. The lowest BCUT2D eigenvalue weighted by atomic mass is 10.1. The molecule has 164 valence electrons. The largest absolute Gasteiger partial charge is 0.341 e. The number of nitrogens with zero attached hydrogens (tertiary/aromatic N) is 5. The Balaban J connectivity index is 1.47. The van der Waals surface area contributed by atoms with E-state index < -0.39 is 0 Å². The van der Waals surface area contributed by atoms with Crippen LogP contribution in [0.1, 0.15) is 30.7 Å². The van der Waals surface area contributed by atoms with Gasteiger partial charge in [-0.3, -0.25) is 9.36 Å². The third-order valence-electron chi connectivity index (χ3n) is 5.60. The third kappa shape index (κ3) is 4.25. The van der Waals surface area contributed by atoms with E-state index >= 15 is 0 Å². The molecule has 0 bridgehead atoms. The monoisotopic (exact) mass is 466 g/mol. The average molecular weight is 467 g/mol. The molecule has 1 saturated heterocycles. The number of hydrogen-bond acceptors (Lipinski definition) is 6. The molecule has 0 amide bonds. The number of thioether (sulfide) groups is 1. The van der Waals surface area contributed by atoms with Crippen molar-refractivity contribution in [1.29, 1.82) is 0 Å². The van der Waals surface area contributed by atoms with Crippen LogP contribution in [0, 0.1) is 6.92 Å². The highest BCUT2D eigenvalue weighted by atomic mass is 35.5. The molecule has 1 N–H and O–H groups in total. The van der Waals surface area contributed by atoms with Gasteiger partial charge in [0.15, 0.2) is 5.16 Å². The highest BCUT2D eigenvalue weighted by Gasteiger charge is 2.22. The van der Waals surface area contributed by atoms with Crippen molar-refractivity contribution in [3.05, 3.63) is 69.2 Å². The van der Waals surface area contributed by atoms with Crippen molar-refractivity contribution in [2.45, 2.75) is 37.1 Å². The van der Waals surface area contributed by atoms with Crippen molar-refractivity contribution in [3.63, 3.8) is 0 Å². The van der Waals surface area contributed by atoms with Gasteiger partial charge >= 0.3 is 0 Å². The van der Waals surface area contributed by atoms with E-state index in [2.05, 4.69) is 60.8 Å². The summed E-state index contributed by atoms with van der Waals surface area (Å²) in [4.78, 5) is 22.3. The number of fused-ring (bicyclic) bond motifs is 1. The van der Waals surface area contributed by atoms with Crippen LogP contribution in [0.5, 0.6) is 0 Å². The van der Waals surface area contributed by atoms with Crippen LogP contribution in [-0.2, 0) is 5.75 Å². The molecule has 1 aliphatic rings. The molecule has 0 unspecified atom stereocenters. The van der Waals surface area contributed by atoms with Gasteiger partial charge in [-0.1, -0.05) is 41.1 Å². The summed E-state index contributed by atoms with van der Waals surface area (Å²) in [5.74, 6) is 1.93. The minimum absolute atomic E-state index is 0.192. The smallest absolute Gasteiger partial charge is 0.258 e. The lowest BCUT2D eigenvalue weighted by molar-refractivity contribution is 0.564. The maximum absolute atomic E-state index is 12.5. The van der Waals surface area contributed by atoms with Crippen molar-refractivity contribution in [2.24, 2.45) is 0 Å². The SMILES string of the molecule is Cc1ccc(-n2c(SCc3nc4ccc(Cl)cc4c(=O)[nH]3)nnc2N2CCCCC2)cc1. The highest BCUT2D eigenvalue weighted by molar-refractivity contribution is 7.98. The second kappa shape index (κ2) is 8.96. The minimum atomic E-state index is -0.192. The Morgan fingerprint density at radius 1 is 1.06 bits per heavy atom. The van der Waals surface area contributed by atoms with Gasteiger partial charge in [0.05, 0.1) is 22.3 Å². The number of rotatable bonds is 5. The summed E-state index contributed by atoms with van der Waals surface area (Å²) in [6.45, 7) is 4.04. The molecule has 7 nitrogen and oxygen atoms in total. The van der Waals surface area contributed by atoms with Crippen molar-refractivity contribution < 1.29 is 0 Å². The van der Waals surface area contributed by atoms with E-state index in [0.717, 1.165) is 42.7 Å². The van der Waals surface area contributed by atoms with Gasteiger partial charge in [-0.2, -0.15) is 0 Å². The van der Waals surface area contributed by atoms with Crippen LogP contribution in [0.2, 0.25) is 5.02 Å². The first kappa shape index (κ1) is 21.0. The van der Waals surface area contributed by atoms with E-state index in [1.54, 1.807) is 18.2 Å². The van der Waals surface area contributed by atoms with Gasteiger partial charge in [0.2, 0.25) is 5.95 Å². The first-order valence-corrected chi connectivity index (χ1v) is 12.0.